The van der Waals surface area contributed by atoms with Crippen molar-refractivity contribution in [1.82, 2.24) is 0 Å². The Morgan fingerprint density at radius 1 is 1.16 bits per heavy atom. The van der Waals surface area contributed by atoms with Crippen LogP contribution >= 0.6 is 0 Å². The Labute approximate surface area is 114 Å². The highest BCUT2D eigenvalue weighted by Gasteiger charge is 2.10. The van der Waals surface area contributed by atoms with Crippen LogP contribution in [0.15, 0.2) is 48.5 Å². The molecule has 0 fully saturated rings. The van der Waals surface area contributed by atoms with Gasteiger partial charge in [0.1, 0.15) is 0 Å². The van der Waals surface area contributed by atoms with Gasteiger partial charge in [0.15, 0.2) is 0 Å². The van der Waals surface area contributed by atoms with Crippen molar-refractivity contribution in [2.45, 2.75) is 19.4 Å². The number of hydrogen-bond acceptors (Lipinski definition) is 3. The highest BCUT2D eigenvalue weighted by Crippen LogP contribution is 2.21. The molecular weight excluding hydrogens is 236 g/mol. The molecule has 2 rings (SSSR count). The molecule has 0 aliphatic rings. The van der Waals surface area contributed by atoms with Crippen molar-refractivity contribution < 1.29 is 5.11 Å². The third-order valence-electron chi connectivity index (χ3n) is 3.11. The van der Waals surface area contributed by atoms with Gasteiger partial charge in [-0.1, -0.05) is 36.4 Å². The van der Waals surface area contributed by atoms with Gasteiger partial charge in [0.25, 0.3) is 0 Å². The van der Waals surface area contributed by atoms with Crippen molar-refractivity contribution >= 4 is 11.4 Å². The maximum absolute atomic E-state index is 9.51. The lowest BCUT2D eigenvalue weighted by Gasteiger charge is -2.19. The van der Waals surface area contributed by atoms with Crippen molar-refractivity contribution in [2.75, 3.05) is 17.7 Å². The van der Waals surface area contributed by atoms with Crippen molar-refractivity contribution in [3.63, 3.8) is 0 Å². The Kier molecular flexibility index (Phi) is 4.42. The number of aryl methyl sites for hydroxylation is 1. The normalized spacial score (nSPS) is 12.1. The molecule has 0 aliphatic carbocycles. The SMILES string of the molecule is Cc1ccc(N)c(NC(CO)Cc2ccccc2)c1. The molecule has 19 heavy (non-hydrogen) atoms. The highest BCUT2D eigenvalue weighted by atomic mass is 16.3. The van der Waals surface area contributed by atoms with E-state index in [1.165, 1.54) is 5.56 Å². The summed E-state index contributed by atoms with van der Waals surface area (Å²) < 4.78 is 0. The van der Waals surface area contributed by atoms with E-state index in [1.54, 1.807) is 0 Å². The van der Waals surface area contributed by atoms with Gasteiger partial charge in [0.2, 0.25) is 0 Å². The van der Waals surface area contributed by atoms with Crippen molar-refractivity contribution in [1.29, 1.82) is 0 Å². The van der Waals surface area contributed by atoms with Gasteiger partial charge in [-0.3, -0.25) is 0 Å². The number of aliphatic hydroxyl groups is 1. The number of rotatable bonds is 5. The summed E-state index contributed by atoms with van der Waals surface area (Å²) in [5, 5.41) is 12.8. The largest absolute Gasteiger partial charge is 0.397 e. The number of nitrogens with two attached hydrogens (primary N) is 1. The Bertz CT molecular complexity index is 526. The Hall–Kier alpha value is -2.00. The first-order valence-electron chi connectivity index (χ1n) is 6.46. The van der Waals surface area contributed by atoms with E-state index in [2.05, 4.69) is 17.4 Å². The maximum atomic E-state index is 9.51. The zero-order valence-corrected chi connectivity index (χ0v) is 11.1. The number of nitrogens with one attached hydrogen (secondary N) is 1. The molecular formula is C16H20N2O. The number of anilines is 2. The predicted octanol–water partition coefficient (Wildman–Crippen LogP) is 2.59. The van der Waals surface area contributed by atoms with Crippen LogP contribution in [0.1, 0.15) is 11.1 Å². The smallest absolute Gasteiger partial charge is 0.0636 e. The van der Waals surface area contributed by atoms with Gasteiger partial charge in [-0.05, 0) is 36.6 Å². The van der Waals surface area contributed by atoms with Crippen LogP contribution in [0.25, 0.3) is 0 Å². The zero-order chi connectivity index (χ0) is 13.7. The summed E-state index contributed by atoms with van der Waals surface area (Å²) in [6.07, 6.45) is 0.769. The Balaban J connectivity index is 2.09. The van der Waals surface area contributed by atoms with Crippen LogP contribution in [-0.2, 0) is 6.42 Å². The van der Waals surface area contributed by atoms with Gasteiger partial charge in [0, 0.05) is 0 Å². The molecule has 0 saturated heterocycles. The minimum Gasteiger partial charge on any atom is -0.397 e. The second kappa shape index (κ2) is 6.25. The molecule has 3 nitrogen and oxygen atoms in total. The summed E-state index contributed by atoms with van der Waals surface area (Å²) in [5.74, 6) is 0. The van der Waals surface area contributed by atoms with Gasteiger partial charge in [-0.2, -0.15) is 0 Å². The summed E-state index contributed by atoms with van der Waals surface area (Å²) in [5.41, 5.74) is 9.87. The molecule has 0 saturated carbocycles. The fourth-order valence-corrected chi connectivity index (χ4v) is 2.07. The molecule has 0 bridgehead atoms. The van der Waals surface area contributed by atoms with Crippen LogP contribution in [0.4, 0.5) is 11.4 Å². The van der Waals surface area contributed by atoms with Gasteiger partial charge in [-0.15, -0.1) is 0 Å². The maximum Gasteiger partial charge on any atom is 0.0636 e. The molecule has 1 atom stereocenters. The number of nitrogen functional groups attached to an aromatic ring is 1. The van der Waals surface area contributed by atoms with Crippen LogP contribution in [-0.4, -0.2) is 17.8 Å². The van der Waals surface area contributed by atoms with Crippen LogP contribution in [0, 0.1) is 6.92 Å². The third-order valence-corrected chi connectivity index (χ3v) is 3.11. The molecule has 2 aromatic rings. The van der Waals surface area contributed by atoms with E-state index in [1.807, 2.05) is 43.3 Å². The average molecular weight is 256 g/mol. The molecule has 100 valence electrons. The molecule has 3 heteroatoms. The lowest BCUT2D eigenvalue weighted by atomic mass is 10.1. The first kappa shape index (κ1) is 13.4. The summed E-state index contributed by atoms with van der Waals surface area (Å²) in [7, 11) is 0. The minimum atomic E-state index is -0.0356. The minimum absolute atomic E-state index is 0.0356. The Morgan fingerprint density at radius 2 is 1.89 bits per heavy atom. The predicted molar refractivity (Wildman–Crippen MR) is 80.2 cm³/mol. The average Bonchev–Trinajstić information content (AvgIpc) is 2.43. The van der Waals surface area contributed by atoms with E-state index in [9.17, 15) is 5.11 Å². The molecule has 0 radical (unpaired) electrons. The van der Waals surface area contributed by atoms with E-state index in [0.717, 1.165) is 17.7 Å². The lowest BCUT2D eigenvalue weighted by molar-refractivity contribution is 0.274. The zero-order valence-electron chi connectivity index (χ0n) is 11.1. The molecule has 1 unspecified atom stereocenters. The third kappa shape index (κ3) is 3.73. The quantitative estimate of drug-likeness (QED) is 0.721. The summed E-state index contributed by atoms with van der Waals surface area (Å²) >= 11 is 0. The van der Waals surface area contributed by atoms with E-state index < -0.39 is 0 Å². The summed E-state index contributed by atoms with van der Waals surface area (Å²) in [4.78, 5) is 0. The summed E-state index contributed by atoms with van der Waals surface area (Å²) in [6.45, 7) is 2.10. The van der Waals surface area contributed by atoms with Gasteiger partial charge >= 0.3 is 0 Å². The highest BCUT2D eigenvalue weighted by molar-refractivity contribution is 5.67. The fourth-order valence-electron chi connectivity index (χ4n) is 2.07. The molecule has 2 aromatic carbocycles. The van der Waals surface area contributed by atoms with E-state index in [0.29, 0.717) is 5.69 Å². The van der Waals surface area contributed by atoms with Gasteiger partial charge < -0.3 is 16.2 Å². The van der Waals surface area contributed by atoms with E-state index in [-0.39, 0.29) is 12.6 Å². The fraction of sp³-hybridized carbons (Fsp3) is 0.250. The van der Waals surface area contributed by atoms with Crippen molar-refractivity contribution in [3.8, 4) is 0 Å². The van der Waals surface area contributed by atoms with Crippen LogP contribution < -0.4 is 11.1 Å². The van der Waals surface area contributed by atoms with Crippen molar-refractivity contribution in [2.24, 2.45) is 0 Å². The molecule has 0 spiro atoms. The lowest BCUT2D eigenvalue weighted by Crippen LogP contribution is -2.26. The van der Waals surface area contributed by atoms with Gasteiger partial charge in [0.05, 0.1) is 24.0 Å². The summed E-state index contributed by atoms with van der Waals surface area (Å²) in [6, 6.07) is 15.9. The molecule has 0 heterocycles. The molecule has 0 amide bonds. The topological polar surface area (TPSA) is 58.3 Å². The van der Waals surface area contributed by atoms with E-state index >= 15 is 0 Å². The number of benzene rings is 2. The second-order valence-electron chi connectivity index (χ2n) is 4.80. The van der Waals surface area contributed by atoms with Crippen molar-refractivity contribution in [3.05, 3.63) is 59.7 Å². The molecule has 0 aromatic heterocycles. The second-order valence-corrected chi connectivity index (χ2v) is 4.80. The Morgan fingerprint density at radius 3 is 2.58 bits per heavy atom. The first-order chi connectivity index (χ1) is 9.19. The monoisotopic (exact) mass is 256 g/mol. The van der Waals surface area contributed by atoms with Crippen LogP contribution in [0.2, 0.25) is 0 Å². The number of aliphatic hydroxyl groups excluding tert-OH is 1. The van der Waals surface area contributed by atoms with Crippen LogP contribution in [0.5, 0.6) is 0 Å². The first-order valence-corrected chi connectivity index (χ1v) is 6.46. The van der Waals surface area contributed by atoms with Gasteiger partial charge in [-0.25, -0.2) is 0 Å². The number of hydrogen-bond donors (Lipinski definition) is 3. The standard InChI is InChI=1S/C16H20N2O/c1-12-7-8-15(17)16(9-12)18-14(11-19)10-13-5-3-2-4-6-13/h2-9,14,18-19H,10-11,17H2,1H3. The molecule has 4 N–H and O–H groups in total. The molecule has 0 aliphatic heterocycles. The van der Waals surface area contributed by atoms with E-state index in [4.69, 9.17) is 5.73 Å². The van der Waals surface area contributed by atoms with Crippen LogP contribution in [0.3, 0.4) is 0 Å².